The second-order valence-electron chi connectivity index (χ2n) is 7.28. The lowest BCUT2D eigenvalue weighted by atomic mass is 9.80. The van der Waals surface area contributed by atoms with Gasteiger partial charge in [-0.25, -0.2) is 0 Å². The number of hydrogen-bond acceptors (Lipinski definition) is 2. The summed E-state index contributed by atoms with van der Waals surface area (Å²) in [6.45, 7) is 10.4. The molecule has 1 saturated carbocycles. The van der Waals surface area contributed by atoms with Gasteiger partial charge in [-0.1, -0.05) is 39.0 Å². The molecule has 1 heterocycles. The Kier molecular flexibility index (Phi) is 6.83. The molecule has 1 aliphatic heterocycles. The molecule has 1 aliphatic carbocycles. The molecule has 0 atom stereocenters. The monoisotopic (exact) mass is 281 g/mol. The van der Waals surface area contributed by atoms with Gasteiger partial charge in [-0.3, -0.25) is 0 Å². The van der Waals surface area contributed by atoms with Gasteiger partial charge in [-0.05, 0) is 44.9 Å². The van der Waals surface area contributed by atoms with Crippen molar-refractivity contribution in [2.45, 2.75) is 84.3 Å². The smallest absolute Gasteiger partial charge is 0.0599 e. The summed E-state index contributed by atoms with van der Waals surface area (Å²) < 4.78 is 6.14. The Labute approximate surface area is 126 Å². The summed E-state index contributed by atoms with van der Waals surface area (Å²) in [5.74, 6) is 1.97. The summed E-state index contributed by atoms with van der Waals surface area (Å²) in [7, 11) is 0. The standard InChI is InChI=1S/C18H35NO/c1-4-16-5-7-17(8-6-16)11-14-20-18-9-12-19(13-10-18)15(2)3/h15-18H,4-14H2,1-3H3. The van der Waals surface area contributed by atoms with Gasteiger partial charge in [0.25, 0.3) is 0 Å². The van der Waals surface area contributed by atoms with Crippen LogP contribution in [-0.2, 0) is 4.74 Å². The molecule has 118 valence electrons. The van der Waals surface area contributed by atoms with Crippen molar-refractivity contribution in [3.05, 3.63) is 0 Å². The predicted octanol–water partition coefficient (Wildman–Crippen LogP) is 4.48. The highest BCUT2D eigenvalue weighted by atomic mass is 16.5. The lowest BCUT2D eigenvalue weighted by Crippen LogP contribution is -2.41. The fraction of sp³-hybridized carbons (Fsp3) is 1.00. The maximum atomic E-state index is 6.14. The third kappa shape index (κ3) is 5.04. The molecule has 0 aromatic rings. The average molecular weight is 281 g/mol. The zero-order valence-electron chi connectivity index (χ0n) is 13.9. The van der Waals surface area contributed by atoms with Gasteiger partial charge in [-0.2, -0.15) is 0 Å². The third-order valence-electron chi connectivity index (χ3n) is 5.63. The van der Waals surface area contributed by atoms with Crippen LogP contribution in [0.2, 0.25) is 0 Å². The molecule has 2 nitrogen and oxygen atoms in total. The predicted molar refractivity (Wildman–Crippen MR) is 86.0 cm³/mol. The van der Waals surface area contributed by atoms with Crippen LogP contribution in [0.5, 0.6) is 0 Å². The fourth-order valence-electron chi connectivity index (χ4n) is 3.89. The van der Waals surface area contributed by atoms with Gasteiger partial charge in [-0.15, -0.1) is 0 Å². The van der Waals surface area contributed by atoms with Crippen molar-refractivity contribution in [1.82, 2.24) is 4.90 Å². The van der Waals surface area contributed by atoms with E-state index in [9.17, 15) is 0 Å². The maximum absolute atomic E-state index is 6.14. The average Bonchev–Trinajstić information content (AvgIpc) is 2.48. The Morgan fingerprint density at radius 1 is 0.950 bits per heavy atom. The molecule has 0 radical (unpaired) electrons. The Morgan fingerprint density at radius 2 is 1.55 bits per heavy atom. The van der Waals surface area contributed by atoms with Crippen LogP contribution in [0.25, 0.3) is 0 Å². The highest BCUT2D eigenvalue weighted by molar-refractivity contribution is 4.75. The molecule has 1 saturated heterocycles. The molecule has 0 unspecified atom stereocenters. The number of hydrogen-bond donors (Lipinski definition) is 0. The van der Waals surface area contributed by atoms with Gasteiger partial charge in [0, 0.05) is 25.7 Å². The molecule has 0 aromatic heterocycles. The molecule has 2 rings (SSSR count). The van der Waals surface area contributed by atoms with E-state index in [2.05, 4.69) is 25.7 Å². The summed E-state index contributed by atoms with van der Waals surface area (Å²) in [5.41, 5.74) is 0. The summed E-state index contributed by atoms with van der Waals surface area (Å²) in [6.07, 6.45) is 11.5. The number of piperidine rings is 1. The Morgan fingerprint density at radius 3 is 2.10 bits per heavy atom. The maximum Gasteiger partial charge on any atom is 0.0599 e. The fourth-order valence-corrected chi connectivity index (χ4v) is 3.89. The molecule has 2 fully saturated rings. The molecular formula is C18H35NO. The van der Waals surface area contributed by atoms with Crippen LogP contribution in [0.3, 0.4) is 0 Å². The van der Waals surface area contributed by atoms with E-state index >= 15 is 0 Å². The van der Waals surface area contributed by atoms with E-state index in [-0.39, 0.29) is 0 Å². The Balaban J connectivity index is 1.54. The lowest BCUT2D eigenvalue weighted by Gasteiger charge is -2.35. The van der Waals surface area contributed by atoms with Gasteiger partial charge in [0.15, 0.2) is 0 Å². The zero-order valence-corrected chi connectivity index (χ0v) is 13.9. The quantitative estimate of drug-likeness (QED) is 0.711. The molecule has 0 spiro atoms. The van der Waals surface area contributed by atoms with Crippen molar-refractivity contribution in [2.24, 2.45) is 11.8 Å². The summed E-state index contributed by atoms with van der Waals surface area (Å²) in [4.78, 5) is 2.58. The van der Waals surface area contributed by atoms with Crippen LogP contribution in [0.1, 0.15) is 72.1 Å². The van der Waals surface area contributed by atoms with Crippen LogP contribution < -0.4 is 0 Å². The Hall–Kier alpha value is -0.0800. The molecule has 0 bridgehead atoms. The third-order valence-corrected chi connectivity index (χ3v) is 5.63. The van der Waals surface area contributed by atoms with E-state index in [0.29, 0.717) is 12.1 Å². The molecule has 20 heavy (non-hydrogen) atoms. The van der Waals surface area contributed by atoms with E-state index < -0.39 is 0 Å². The summed E-state index contributed by atoms with van der Waals surface area (Å²) in [5, 5.41) is 0. The normalized spacial score (nSPS) is 30.0. The van der Waals surface area contributed by atoms with Gasteiger partial charge in [0.05, 0.1) is 6.10 Å². The molecule has 2 aliphatic rings. The number of likely N-dealkylation sites (tertiary alicyclic amines) is 1. The minimum atomic E-state index is 0.539. The van der Waals surface area contributed by atoms with Crippen LogP contribution in [0.4, 0.5) is 0 Å². The number of nitrogens with zero attached hydrogens (tertiary/aromatic N) is 1. The van der Waals surface area contributed by atoms with Crippen molar-refractivity contribution in [2.75, 3.05) is 19.7 Å². The van der Waals surface area contributed by atoms with E-state index in [1.807, 2.05) is 0 Å². The van der Waals surface area contributed by atoms with Gasteiger partial charge in [0.1, 0.15) is 0 Å². The highest BCUT2D eigenvalue weighted by Gasteiger charge is 2.23. The first kappa shape index (κ1) is 16.3. The van der Waals surface area contributed by atoms with Gasteiger partial charge in [0.2, 0.25) is 0 Å². The summed E-state index contributed by atoms with van der Waals surface area (Å²) >= 11 is 0. The van der Waals surface area contributed by atoms with Crippen molar-refractivity contribution < 1.29 is 4.74 Å². The SMILES string of the molecule is CCC1CCC(CCOC2CCN(C(C)C)CC2)CC1. The van der Waals surface area contributed by atoms with Gasteiger partial charge < -0.3 is 9.64 Å². The van der Waals surface area contributed by atoms with E-state index in [1.54, 1.807) is 0 Å². The molecule has 0 N–H and O–H groups in total. The number of rotatable bonds is 6. The van der Waals surface area contributed by atoms with Crippen molar-refractivity contribution in [1.29, 1.82) is 0 Å². The number of ether oxygens (including phenoxy) is 1. The largest absolute Gasteiger partial charge is 0.378 e. The van der Waals surface area contributed by atoms with Crippen LogP contribution in [0.15, 0.2) is 0 Å². The molecule has 2 heteroatoms. The van der Waals surface area contributed by atoms with Crippen molar-refractivity contribution >= 4 is 0 Å². The summed E-state index contributed by atoms with van der Waals surface area (Å²) in [6, 6.07) is 0.699. The second kappa shape index (κ2) is 8.38. The zero-order chi connectivity index (χ0) is 14.4. The minimum absolute atomic E-state index is 0.539. The molecular weight excluding hydrogens is 246 g/mol. The molecule has 0 amide bonds. The topological polar surface area (TPSA) is 12.5 Å². The van der Waals surface area contributed by atoms with Gasteiger partial charge >= 0.3 is 0 Å². The first-order valence-electron chi connectivity index (χ1n) is 9.04. The first-order valence-corrected chi connectivity index (χ1v) is 9.04. The van der Waals surface area contributed by atoms with E-state index in [0.717, 1.165) is 18.4 Å². The molecule has 0 aromatic carbocycles. The van der Waals surface area contributed by atoms with E-state index in [4.69, 9.17) is 4.74 Å². The highest BCUT2D eigenvalue weighted by Crippen LogP contribution is 2.32. The lowest BCUT2D eigenvalue weighted by molar-refractivity contribution is -0.00580. The Bertz CT molecular complexity index is 250. The first-order chi connectivity index (χ1) is 9.69. The van der Waals surface area contributed by atoms with E-state index in [1.165, 1.54) is 64.5 Å². The van der Waals surface area contributed by atoms with Crippen LogP contribution in [-0.4, -0.2) is 36.7 Å². The van der Waals surface area contributed by atoms with Crippen molar-refractivity contribution in [3.63, 3.8) is 0 Å². The minimum Gasteiger partial charge on any atom is -0.378 e. The second-order valence-corrected chi connectivity index (χ2v) is 7.28. The van der Waals surface area contributed by atoms with Crippen LogP contribution in [0, 0.1) is 11.8 Å². The van der Waals surface area contributed by atoms with Crippen LogP contribution >= 0.6 is 0 Å². The van der Waals surface area contributed by atoms with Crippen molar-refractivity contribution in [3.8, 4) is 0 Å².